The van der Waals surface area contributed by atoms with Gasteiger partial charge in [-0.1, -0.05) is 22.0 Å². The summed E-state index contributed by atoms with van der Waals surface area (Å²) in [5.41, 5.74) is 1.86. The zero-order valence-electron chi connectivity index (χ0n) is 12.7. The average molecular weight is 375 g/mol. The maximum Gasteiger partial charge on any atom is 0.267 e. The predicted octanol–water partition coefficient (Wildman–Crippen LogP) is 3.45. The number of carbonyl (C=O) groups excluding carboxylic acids is 2. The van der Waals surface area contributed by atoms with Crippen LogP contribution in [0.3, 0.4) is 0 Å². The summed E-state index contributed by atoms with van der Waals surface area (Å²) in [5.74, 6) is 0.273. The molecule has 5 nitrogen and oxygen atoms in total. The van der Waals surface area contributed by atoms with Crippen molar-refractivity contribution in [3.63, 3.8) is 0 Å². The van der Waals surface area contributed by atoms with E-state index in [9.17, 15) is 9.59 Å². The van der Waals surface area contributed by atoms with Gasteiger partial charge in [0.1, 0.15) is 5.75 Å². The summed E-state index contributed by atoms with van der Waals surface area (Å²) >= 11 is 3.35. The Morgan fingerprint density at radius 3 is 2.78 bits per heavy atom. The van der Waals surface area contributed by atoms with Gasteiger partial charge in [-0.05, 0) is 37.3 Å². The van der Waals surface area contributed by atoms with Crippen LogP contribution in [0, 0.1) is 0 Å². The molecular formula is C17H15BrN2O3. The third kappa shape index (κ3) is 3.07. The molecule has 0 saturated carbocycles. The molecule has 0 aliphatic carbocycles. The van der Waals surface area contributed by atoms with Crippen LogP contribution >= 0.6 is 15.9 Å². The van der Waals surface area contributed by atoms with E-state index in [-0.39, 0.29) is 11.8 Å². The number of carbonyl (C=O) groups is 2. The molecule has 6 heteroatoms. The van der Waals surface area contributed by atoms with Gasteiger partial charge in [0.05, 0.1) is 5.69 Å². The molecule has 0 saturated heterocycles. The Bertz CT molecular complexity index is 791. The standard InChI is InChI=1S/C17H15BrN2O3/c1-10-17(22)20(2)14-7-6-13(9-15(14)23-10)19-16(21)11-4-3-5-12(18)8-11/h3-10H,1-2H3,(H,19,21). The molecule has 0 radical (unpaired) electrons. The van der Waals surface area contributed by atoms with Crippen molar-refractivity contribution in [1.29, 1.82) is 0 Å². The molecule has 1 heterocycles. The summed E-state index contributed by atoms with van der Waals surface area (Å²) in [5, 5.41) is 2.83. The first-order valence-electron chi connectivity index (χ1n) is 7.11. The molecule has 1 unspecified atom stereocenters. The van der Waals surface area contributed by atoms with Gasteiger partial charge in [-0.2, -0.15) is 0 Å². The highest BCUT2D eigenvalue weighted by atomic mass is 79.9. The van der Waals surface area contributed by atoms with E-state index in [1.165, 1.54) is 0 Å². The summed E-state index contributed by atoms with van der Waals surface area (Å²) in [6.07, 6.45) is -0.538. The molecule has 2 aromatic carbocycles. The minimum Gasteiger partial charge on any atom is -0.479 e. The van der Waals surface area contributed by atoms with Crippen LogP contribution in [0.4, 0.5) is 11.4 Å². The summed E-state index contributed by atoms with van der Waals surface area (Å²) in [7, 11) is 1.71. The Kier molecular flexibility index (Phi) is 4.09. The molecule has 1 aliphatic heterocycles. The Balaban J connectivity index is 1.84. The van der Waals surface area contributed by atoms with Gasteiger partial charge < -0.3 is 15.0 Å². The van der Waals surface area contributed by atoms with E-state index in [1.807, 2.05) is 6.07 Å². The van der Waals surface area contributed by atoms with Crippen molar-refractivity contribution in [3.05, 3.63) is 52.5 Å². The number of fused-ring (bicyclic) bond motifs is 1. The summed E-state index contributed by atoms with van der Waals surface area (Å²) in [6.45, 7) is 1.70. The number of rotatable bonds is 2. The van der Waals surface area contributed by atoms with Gasteiger partial charge in [0.2, 0.25) is 0 Å². The van der Waals surface area contributed by atoms with Crippen molar-refractivity contribution < 1.29 is 14.3 Å². The van der Waals surface area contributed by atoms with Crippen molar-refractivity contribution >= 4 is 39.1 Å². The smallest absolute Gasteiger partial charge is 0.267 e. The monoisotopic (exact) mass is 374 g/mol. The maximum atomic E-state index is 12.3. The van der Waals surface area contributed by atoms with E-state index in [1.54, 1.807) is 55.3 Å². The first-order chi connectivity index (χ1) is 11.0. The van der Waals surface area contributed by atoms with E-state index in [4.69, 9.17) is 4.74 Å². The van der Waals surface area contributed by atoms with Crippen molar-refractivity contribution in [2.24, 2.45) is 0 Å². The molecule has 23 heavy (non-hydrogen) atoms. The van der Waals surface area contributed by atoms with Gasteiger partial charge >= 0.3 is 0 Å². The quantitative estimate of drug-likeness (QED) is 0.875. The molecule has 3 rings (SSSR count). The number of nitrogens with one attached hydrogen (secondary N) is 1. The summed E-state index contributed by atoms with van der Waals surface area (Å²) in [6, 6.07) is 12.4. The lowest BCUT2D eigenvalue weighted by Crippen LogP contribution is -2.41. The van der Waals surface area contributed by atoms with Crippen LogP contribution in [0.5, 0.6) is 5.75 Å². The number of hydrogen-bond acceptors (Lipinski definition) is 3. The topological polar surface area (TPSA) is 58.6 Å². The van der Waals surface area contributed by atoms with E-state index in [0.29, 0.717) is 22.7 Å². The lowest BCUT2D eigenvalue weighted by molar-refractivity contribution is -0.125. The zero-order chi connectivity index (χ0) is 16.6. The van der Waals surface area contributed by atoms with E-state index >= 15 is 0 Å². The number of anilines is 2. The Morgan fingerprint density at radius 2 is 2.04 bits per heavy atom. The number of likely N-dealkylation sites (N-methyl/N-ethyl adjacent to an activating group) is 1. The van der Waals surface area contributed by atoms with Crippen molar-refractivity contribution in [2.75, 3.05) is 17.3 Å². The lowest BCUT2D eigenvalue weighted by Gasteiger charge is -2.30. The third-order valence-electron chi connectivity index (χ3n) is 3.65. The van der Waals surface area contributed by atoms with Gasteiger partial charge in [0.25, 0.3) is 11.8 Å². The normalized spacial score (nSPS) is 16.6. The highest BCUT2D eigenvalue weighted by Gasteiger charge is 2.28. The maximum absolute atomic E-state index is 12.3. The molecular weight excluding hydrogens is 360 g/mol. The van der Waals surface area contributed by atoms with Crippen LogP contribution in [-0.2, 0) is 4.79 Å². The van der Waals surface area contributed by atoms with Crippen LogP contribution in [-0.4, -0.2) is 25.0 Å². The number of amides is 2. The van der Waals surface area contributed by atoms with Crippen molar-refractivity contribution in [2.45, 2.75) is 13.0 Å². The van der Waals surface area contributed by atoms with Crippen LogP contribution in [0.1, 0.15) is 17.3 Å². The highest BCUT2D eigenvalue weighted by molar-refractivity contribution is 9.10. The Morgan fingerprint density at radius 1 is 1.26 bits per heavy atom. The second kappa shape index (κ2) is 6.04. The van der Waals surface area contributed by atoms with Crippen LogP contribution < -0.4 is 15.0 Å². The fourth-order valence-electron chi connectivity index (χ4n) is 2.43. The van der Waals surface area contributed by atoms with Gasteiger partial charge in [-0.25, -0.2) is 0 Å². The average Bonchev–Trinajstić information content (AvgIpc) is 2.52. The summed E-state index contributed by atoms with van der Waals surface area (Å²) < 4.78 is 6.45. The predicted molar refractivity (Wildman–Crippen MR) is 92.0 cm³/mol. The van der Waals surface area contributed by atoms with Gasteiger partial charge in [-0.3, -0.25) is 9.59 Å². The largest absolute Gasteiger partial charge is 0.479 e. The number of benzene rings is 2. The van der Waals surface area contributed by atoms with Crippen LogP contribution in [0.15, 0.2) is 46.9 Å². The molecule has 118 valence electrons. The van der Waals surface area contributed by atoms with Gasteiger partial charge in [-0.15, -0.1) is 0 Å². The SMILES string of the molecule is CC1Oc2cc(NC(=O)c3cccc(Br)c3)ccc2N(C)C1=O. The van der Waals surface area contributed by atoms with Gasteiger partial charge in [0, 0.05) is 28.8 Å². The number of ether oxygens (including phenoxy) is 1. The van der Waals surface area contributed by atoms with Gasteiger partial charge in [0.15, 0.2) is 6.10 Å². The van der Waals surface area contributed by atoms with Crippen molar-refractivity contribution in [1.82, 2.24) is 0 Å². The number of hydrogen-bond donors (Lipinski definition) is 1. The molecule has 0 spiro atoms. The Labute approximate surface area is 142 Å². The minimum absolute atomic E-state index is 0.0941. The van der Waals surface area contributed by atoms with Crippen LogP contribution in [0.25, 0.3) is 0 Å². The second-order valence-corrected chi connectivity index (χ2v) is 6.22. The molecule has 2 aromatic rings. The molecule has 1 atom stereocenters. The first kappa shape index (κ1) is 15.6. The summed E-state index contributed by atoms with van der Waals surface area (Å²) in [4.78, 5) is 25.7. The van der Waals surface area contributed by atoms with E-state index in [2.05, 4.69) is 21.2 Å². The lowest BCUT2D eigenvalue weighted by atomic mass is 10.1. The molecule has 0 bridgehead atoms. The first-order valence-corrected chi connectivity index (χ1v) is 7.90. The molecule has 1 aliphatic rings. The van der Waals surface area contributed by atoms with E-state index in [0.717, 1.165) is 4.47 Å². The fourth-order valence-corrected chi connectivity index (χ4v) is 2.83. The molecule has 1 N–H and O–H groups in total. The number of nitrogens with zero attached hydrogens (tertiary/aromatic N) is 1. The Hall–Kier alpha value is -2.34. The number of halogens is 1. The molecule has 2 amide bonds. The van der Waals surface area contributed by atoms with Crippen molar-refractivity contribution in [3.8, 4) is 5.75 Å². The second-order valence-electron chi connectivity index (χ2n) is 5.30. The zero-order valence-corrected chi connectivity index (χ0v) is 14.3. The minimum atomic E-state index is -0.538. The van der Waals surface area contributed by atoms with E-state index < -0.39 is 6.10 Å². The third-order valence-corrected chi connectivity index (χ3v) is 4.14. The molecule has 0 fully saturated rings. The fraction of sp³-hybridized carbons (Fsp3) is 0.176. The highest BCUT2D eigenvalue weighted by Crippen LogP contribution is 2.35. The molecule has 0 aromatic heterocycles. The van der Waals surface area contributed by atoms with Crippen LogP contribution in [0.2, 0.25) is 0 Å².